The Morgan fingerprint density at radius 1 is 0.357 bits per heavy atom. The summed E-state index contributed by atoms with van der Waals surface area (Å²) in [4.78, 5) is 0. The van der Waals surface area contributed by atoms with Crippen molar-refractivity contribution < 1.29 is 0 Å². The first-order valence-corrected chi connectivity index (χ1v) is 18.6. The highest BCUT2D eigenvalue weighted by Gasteiger charge is 2.10. The molecule has 0 nitrogen and oxygen atoms in total. The van der Waals surface area contributed by atoms with Crippen molar-refractivity contribution in [2.24, 2.45) is 0 Å². The molecule has 4 heteroatoms. The zero-order chi connectivity index (χ0) is 20.5. The highest BCUT2D eigenvalue weighted by atomic mass is 33.4. The number of hydrogen-bond acceptors (Lipinski definition) is 3. The molecule has 170 valence electrons. The summed E-state index contributed by atoms with van der Waals surface area (Å²) >= 11 is 6.96. The van der Waals surface area contributed by atoms with Crippen LogP contribution in [0.15, 0.2) is 0 Å². The zero-order valence-electron chi connectivity index (χ0n) is 19.5. The Morgan fingerprint density at radius 2 is 0.607 bits per heavy atom. The first kappa shape index (κ1) is 29.5. The highest BCUT2D eigenvalue weighted by molar-refractivity contribution is 9.12. The fourth-order valence-electron chi connectivity index (χ4n) is 3.18. The normalized spacial score (nSPS) is 11.6. The third-order valence-corrected chi connectivity index (χ3v) is 16.4. The summed E-state index contributed by atoms with van der Waals surface area (Å²) in [7, 11) is 0. The molecule has 0 unspecified atom stereocenters. The van der Waals surface area contributed by atoms with Crippen LogP contribution in [0.5, 0.6) is 0 Å². The maximum Gasteiger partial charge on any atom is 0.0729 e. The standard InChI is InChI=1S/C24H51PS3/c1-4-7-10-13-16-19-22-26-25(27-23-20-17-14-11-8-5-2)28-24-21-18-15-12-9-6-3/h4-24H2,1-3H3. The number of hydrogen-bond donors (Lipinski definition) is 0. The van der Waals surface area contributed by atoms with E-state index in [1.807, 2.05) is 0 Å². The summed E-state index contributed by atoms with van der Waals surface area (Å²) in [5.41, 5.74) is 0.107. The summed E-state index contributed by atoms with van der Waals surface area (Å²) < 4.78 is 0. The molecule has 0 aromatic heterocycles. The molecule has 0 aromatic carbocycles. The van der Waals surface area contributed by atoms with Gasteiger partial charge in [-0.3, -0.25) is 0 Å². The van der Waals surface area contributed by atoms with Crippen LogP contribution in [-0.2, 0) is 0 Å². The van der Waals surface area contributed by atoms with E-state index in [1.54, 1.807) is 0 Å². The molecule has 0 heterocycles. The minimum atomic E-state index is 0.107. The molecule has 0 saturated heterocycles. The third kappa shape index (κ3) is 23.8. The lowest BCUT2D eigenvalue weighted by Gasteiger charge is -2.15. The van der Waals surface area contributed by atoms with Crippen molar-refractivity contribution in [3.05, 3.63) is 0 Å². The smallest absolute Gasteiger partial charge is 0.0729 e. The van der Waals surface area contributed by atoms with Gasteiger partial charge in [-0.1, -0.05) is 117 Å². The predicted octanol–water partition coefficient (Wildman–Crippen LogP) is 11.5. The van der Waals surface area contributed by atoms with Gasteiger partial charge in [0.05, 0.1) is 5.53 Å². The van der Waals surface area contributed by atoms with Crippen LogP contribution in [0, 0.1) is 0 Å². The van der Waals surface area contributed by atoms with Gasteiger partial charge in [0.15, 0.2) is 0 Å². The maximum atomic E-state index is 2.32. The fourth-order valence-corrected chi connectivity index (χ4v) is 14.1. The quantitative estimate of drug-likeness (QED) is 0.102. The molecule has 0 aliphatic heterocycles. The lowest BCUT2D eigenvalue weighted by Crippen LogP contribution is -1.84. The third-order valence-electron chi connectivity index (χ3n) is 5.08. The molecular weight excluding hydrogens is 415 g/mol. The molecule has 0 spiro atoms. The molecular formula is C24H51PS3. The molecule has 0 aromatic rings. The average molecular weight is 467 g/mol. The van der Waals surface area contributed by atoms with E-state index in [0.29, 0.717) is 0 Å². The zero-order valence-corrected chi connectivity index (χ0v) is 22.9. The Bertz CT molecular complexity index is 234. The lowest BCUT2D eigenvalue weighted by atomic mass is 10.1. The summed E-state index contributed by atoms with van der Waals surface area (Å²) in [6.07, 6.45) is 25.9. The fraction of sp³-hybridized carbons (Fsp3) is 1.00. The van der Waals surface area contributed by atoms with E-state index >= 15 is 0 Å². The first-order chi connectivity index (χ1) is 13.8. The predicted molar refractivity (Wildman–Crippen MR) is 144 cm³/mol. The van der Waals surface area contributed by atoms with Crippen molar-refractivity contribution in [2.45, 2.75) is 136 Å². The first-order valence-electron chi connectivity index (χ1n) is 12.5. The Balaban J connectivity index is 3.80. The van der Waals surface area contributed by atoms with Gasteiger partial charge in [-0.05, 0) is 36.5 Å². The van der Waals surface area contributed by atoms with Crippen molar-refractivity contribution in [3.63, 3.8) is 0 Å². The highest BCUT2D eigenvalue weighted by Crippen LogP contribution is 2.70. The van der Waals surface area contributed by atoms with Gasteiger partial charge in [0, 0.05) is 0 Å². The molecule has 0 amide bonds. The van der Waals surface area contributed by atoms with E-state index in [4.69, 9.17) is 0 Å². The van der Waals surface area contributed by atoms with Gasteiger partial charge < -0.3 is 0 Å². The molecule has 28 heavy (non-hydrogen) atoms. The summed E-state index contributed by atoms with van der Waals surface area (Å²) in [6.45, 7) is 6.93. The Hall–Kier alpha value is 1.48. The van der Waals surface area contributed by atoms with Crippen molar-refractivity contribution >= 4 is 39.7 Å². The molecule has 0 radical (unpaired) electrons. The van der Waals surface area contributed by atoms with Crippen LogP contribution in [0.3, 0.4) is 0 Å². The van der Waals surface area contributed by atoms with Gasteiger partial charge in [-0.15, -0.1) is 34.1 Å². The Morgan fingerprint density at radius 3 is 0.893 bits per heavy atom. The van der Waals surface area contributed by atoms with Crippen LogP contribution in [0.4, 0.5) is 0 Å². The van der Waals surface area contributed by atoms with Crippen molar-refractivity contribution in [1.29, 1.82) is 0 Å². The molecule has 0 atom stereocenters. The van der Waals surface area contributed by atoms with E-state index < -0.39 is 0 Å². The monoisotopic (exact) mass is 466 g/mol. The van der Waals surface area contributed by atoms with E-state index in [9.17, 15) is 0 Å². The summed E-state index contributed by atoms with van der Waals surface area (Å²) in [6, 6.07) is 0. The number of unbranched alkanes of at least 4 members (excludes halogenated alkanes) is 15. The molecule has 0 bridgehead atoms. The minimum Gasteiger partial charge on any atom is -0.112 e. The largest absolute Gasteiger partial charge is 0.112 e. The molecule has 0 aliphatic rings. The SMILES string of the molecule is CCCCCCCCSP(SCCCCCCCC)SCCCCCCCC. The van der Waals surface area contributed by atoms with Gasteiger partial charge in [0.2, 0.25) is 0 Å². The average Bonchev–Trinajstić information content (AvgIpc) is 2.71. The maximum absolute atomic E-state index is 2.32. The van der Waals surface area contributed by atoms with Crippen LogP contribution in [0.25, 0.3) is 0 Å². The van der Waals surface area contributed by atoms with Crippen molar-refractivity contribution in [2.75, 3.05) is 17.3 Å². The van der Waals surface area contributed by atoms with Gasteiger partial charge in [0.25, 0.3) is 0 Å². The van der Waals surface area contributed by atoms with Crippen LogP contribution in [0.2, 0.25) is 0 Å². The van der Waals surface area contributed by atoms with E-state index in [0.717, 1.165) is 0 Å². The topological polar surface area (TPSA) is 0 Å². The van der Waals surface area contributed by atoms with E-state index in [2.05, 4.69) is 54.9 Å². The second kappa shape index (κ2) is 26.5. The van der Waals surface area contributed by atoms with Crippen LogP contribution < -0.4 is 0 Å². The van der Waals surface area contributed by atoms with E-state index in [-0.39, 0.29) is 5.53 Å². The Labute approximate surface area is 192 Å². The molecule has 0 saturated carbocycles. The van der Waals surface area contributed by atoms with Crippen LogP contribution in [0.1, 0.15) is 136 Å². The molecule has 0 rings (SSSR count). The lowest BCUT2D eigenvalue weighted by molar-refractivity contribution is 0.627. The van der Waals surface area contributed by atoms with Crippen LogP contribution in [-0.4, -0.2) is 17.3 Å². The minimum absolute atomic E-state index is 0.107. The molecule has 0 aliphatic carbocycles. The Kier molecular flexibility index (Phi) is 27.9. The van der Waals surface area contributed by atoms with Gasteiger partial charge in [-0.2, -0.15) is 0 Å². The second-order valence-corrected chi connectivity index (χ2v) is 18.2. The summed E-state index contributed by atoms with van der Waals surface area (Å²) in [5.74, 6) is 4.22. The van der Waals surface area contributed by atoms with Crippen LogP contribution >= 0.6 is 39.7 Å². The van der Waals surface area contributed by atoms with E-state index in [1.165, 1.54) is 133 Å². The summed E-state index contributed by atoms with van der Waals surface area (Å²) in [5, 5.41) is 0. The number of rotatable bonds is 24. The van der Waals surface area contributed by atoms with Crippen molar-refractivity contribution in [3.8, 4) is 0 Å². The second-order valence-electron chi connectivity index (χ2n) is 8.03. The van der Waals surface area contributed by atoms with Crippen molar-refractivity contribution in [1.82, 2.24) is 0 Å². The van der Waals surface area contributed by atoms with Gasteiger partial charge in [0.1, 0.15) is 0 Å². The van der Waals surface area contributed by atoms with Gasteiger partial charge in [-0.25, -0.2) is 0 Å². The molecule has 0 N–H and O–H groups in total. The molecule has 0 fully saturated rings. The van der Waals surface area contributed by atoms with Gasteiger partial charge >= 0.3 is 0 Å².